The van der Waals surface area contributed by atoms with Crippen LogP contribution in [0.2, 0.25) is 0 Å². The van der Waals surface area contributed by atoms with Gasteiger partial charge in [-0.05, 0) is 32.3 Å². The molecule has 174 valence electrons. The summed E-state index contributed by atoms with van der Waals surface area (Å²) < 4.78 is 15.6. The van der Waals surface area contributed by atoms with Crippen LogP contribution < -0.4 is 10.1 Å². The van der Waals surface area contributed by atoms with Gasteiger partial charge < -0.3 is 19.5 Å². The largest absolute Gasteiger partial charge is 0.494 e. The Kier molecular flexibility index (Phi) is 8.74. The molecule has 0 fully saturated rings. The number of amides is 1. The average molecular weight is 455 g/mol. The zero-order valence-corrected chi connectivity index (χ0v) is 18.8. The van der Waals surface area contributed by atoms with Gasteiger partial charge in [0.15, 0.2) is 11.4 Å². The van der Waals surface area contributed by atoms with Crippen LogP contribution in [0.4, 0.5) is 10.5 Å². The average Bonchev–Trinajstić information content (AvgIpc) is 2.76. The third-order valence-corrected chi connectivity index (χ3v) is 3.98. The minimum atomic E-state index is -1.11. The lowest BCUT2D eigenvalue weighted by Crippen LogP contribution is -2.44. The number of nitrogens with zero attached hydrogens (tertiary/aromatic N) is 2. The molecular formula is C23H25N3O7. The van der Waals surface area contributed by atoms with Gasteiger partial charge in [-0.2, -0.15) is 0 Å². The minimum Gasteiger partial charge on any atom is -0.494 e. The van der Waals surface area contributed by atoms with E-state index in [9.17, 15) is 19.7 Å². The second-order valence-corrected chi connectivity index (χ2v) is 7.80. The first-order valence-corrected chi connectivity index (χ1v) is 9.96. The predicted octanol–water partition coefficient (Wildman–Crippen LogP) is 3.38. The van der Waals surface area contributed by atoms with Crippen molar-refractivity contribution < 1.29 is 28.7 Å². The molecule has 1 aromatic carbocycles. The molecule has 0 spiro atoms. The summed E-state index contributed by atoms with van der Waals surface area (Å²) in [5.74, 6) is 4.86. The fourth-order valence-electron chi connectivity index (χ4n) is 2.49. The van der Waals surface area contributed by atoms with Gasteiger partial charge in [0.2, 0.25) is 0 Å². The first-order chi connectivity index (χ1) is 15.6. The monoisotopic (exact) mass is 455 g/mol. The molecule has 33 heavy (non-hydrogen) atoms. The zero-order chi connectivity index (χ0) is 24.4. The van der Waals surface area contributed by atoms with Crippen LogP contribution in [-0.4, -0.2) is 40.7 Å². The van der Waals surface area contributed by atoms with Gasteiger partial charge in [0, 0.05) is 6.42 Å². The third kappa shape index (κ3) is 8.49. The molecule has 10 nitrogen and oxygen atoms in total. The van der Waals surface area contributed by atoms with Crippen LogP contribution in [0.1, 0.15) is 38.4 Å². The van der Waals surface area contributed by atoms with E-state index in [1.54, 1.807) is 32.9 Å². The molecule has 1 heterocycles. The number of hydrogen-bond acceptors (Lipinski definition) is 8. The quantitative estimate of drug-likeness (QED) is 0.291. The van der Waals surface area contributed by atoms with E-state index in [4.69, 9.17) is 14.2 Å². The molecule has 0 radical (unpaired) electrons. The summed E-state index contributed by atoms with van der Waals surface area (Å²) in [5, 5.41) is 13.4. The lowest BCUT2D eigenvalue weighted by Gasteiger charge is -2.22. The standard InChI is InChI=1S/C23H25N3O7/c1-23(2,3)33-22(28)25-19(21(27)32-15-16-9-6-5-7-10-16)12-8-11-18-20(31-4)13-17(14-24-18)26(29)30/h5-7,9-10,13-14,19H,12,15H2,1-4H3,(H,25,28). The second kappa shape index (κ2) is 11.5. The fourth-order valence-corrected chi connectivity index (χ4v) is 2.49. The summed E-state index contributed by atoms with van der Waals surface area (Å²) in [7, 11) is 1.33. The lowest BCUT2D eigenvalue weighted by molar-refractivity contribution is -0.385. The number of hydrogen-bond donors (Lipinski definition) is 1. The highest BCUT2D eigenvalue weighted by Crippen LogP contribution is 2.21. The molecular weight excluding hydrogens is 430 g/mol. The van der Waals surface area contributed by atoms with Crippen molar-refractivity contribution in [1.29, 1.82) is 0 Å². The number of pyridine rings is 1. The summed E-state index contributed by atoms with van der Waals surface area (Å²) in [6, 6.07) is 9.16. The van der Waals surface area contributed by atoms with E-state index in [2.05, 4.69) is 22.1 Å². The summed E-state index contributed by atoms with van der Waals surface area (Å²) in [6.45, 7) is 5.11. The molecule has 2 aromatic rings. The van der Waals surface area contributed by atoms with Gasteiger partial charge in [-0.15, -0.1) is 0 Å². The van der Waals surface area contributed by atoms with E-state index in [1.807, 2.05) is 18.2 Å². The number of carbonyl (C=O) groups is 2. The number of esters is 1. The third-order valence-electron chi connectivity index (χ3n) is 3.98. The van der Waals surface area contributed by atoms with E-state index >= 15 is 0 Å². The van der Waals surface area contributed by atoms with Crippen LogP contribution in [-0.2, 0) is 20.9 Å². The summed E-state index contributed by atoms with van der Waals surface area (Å²) >= 11 is 0. The van der Waals surface area contributed by atoms with Crippen LogP contribution in [0.25, 0.3) is 0 Å². The second-order valence-electron chi connectivity index (χ2n) is 7.80. The first-order valence-electron chi connectivity index (χ1n) is 9.96. The molecule has 0 aliphatic heterocycles. The number of rotatable bonds is 7. The summed E-state index contributed by atoms with van der Waals surface area (Å²) in [4.78, 5) is 39.0. The Bertz CT molecular complexity index is 1050. The van der Waals surface area contributed by atoms with Gasteiger partial charge in [0.1, 0.15) is 24.4 Å². The van der Waals surface area contributed by atoms with Crippen molar-refractivity contribution in [3.05, 3.63) is 64.0 Å². The molecule has 1 atom stereocenters. The van der Waals surface area contributed by atoms with Gasteiger partial charge in [-0.1, -0.05) is 36.3 Å². The van der Waals surface area contributed by atoms with Gasteiger partial charge in [0.05, 0.1) is 18.1 Å². The molecule has 1 amide bonds. The number of nitrogens with one attached hydrogen (secondary N) is 1. The highest BCUT2D eigenvalue weighted by Gasteiger charge is 2.25. The van der Waals surface area contributed by atoms with Crippen LogP contribution in [0.3, 0.4) is 0 Å². The molecule has 0 bridgehead atoms. The molecule has 0 saturated carbocycles. The fraction of sp³-hybridized carbons (Fsp3) is 0.348. The smallest absolute Gasteiger partial charge is 0.408 e. The maximum Gasteiger partial charge on any atom is 0.408 e. The maximum atomic E-state index is 12.6. The van der Waals surface area contributed by atoms with E-state index in [0.717, 1.165) is 11.8 Å². The number of aromatic nitrogens is 1. The van der Waals surface area contributed by atoms with Crippen LogP contribution in [0, 0.1) is 22.0 Å². The van der Waals surface area contributed by atoms with E-state index in [1.165, 1.54) is 13.2 Å². The number of nitro groups is 1. The maximum absolute atomic E-state index is 12.6. The Morgan fingerprint density at radius 3 is 2.55 bits per heavy atom. The topological polar surface area (TPSA) is 130 Å². The predicted molar refractivity (Wildman–Crippen MR) is 118 cm³/mol. The van der Waals surface area contributed by atoms with Gasteiger partial charge in [-0.25, -0.2) is 14.6 Å². The number of ether oxygens (including phenoxy) is 3. The molecule has 1 unspecified atom stereocenters. The molecule has 10 heteroatoms. The number of benzene rings is 1. The molecule has 2 rings (SSSR count). The van der Waals surface area contributed by atoms with Crippen molar-refractivity contribution >= 4 is 17.7 Å². The van der Waals surface area contributed by atoms with Crippen molar-refractivity contribution in [3.63, 3.8) is 0 Å². The molecule has 1 aromatic heterocycles. The summed E-state index contributed by atoms with van der Waals surface area (Å²) in [6.07, 6.45) is 0.142. The number of alkyl carbamates (subject to hydrolysis) is 1. The van der Waals surface area contributed by atoms with Crippen LogP contribution >= 0.6 is 0 Å². The molecule has 1 N–H and O–H groups in total. The Hall–Kier alpha value is -4.13. The zero-order valence-electron chi connectivity index (χ0n) is 18.8. The Morgan fingerprint density at radius 1 is 1.24 bits per heavy atom. The number of methoxy groups -OCH3 is 1. The molecule has 0 saturated heterocycles. The van der Waals surface area contributed by atoms with Crippen molar-refractivity contribution in [3.8, 4) is 17.6 Å². The van der Waals surface area contributed by atoms with Gasteiger partial charge >= 0.3 is 12.1 Å². The normalized spacial score (nSPS) is 11.4. The van der Waals surface area contributed by atoms with Crippen molar-refractivity contribution in [2.75, 3.05) is 7.11 Å². The minimum absolute atomic E-state index is 0.0251. The number of carbonyl (C=O) groups excluding carboxylic acids is 2. The van der Waals surface area contributed by atoms with E-state index < -0.39 is 28.6 Å². The van der Waals surface area contributed by atoms with Crippen molar-refractivity contribution in [1.82, 2.24) is 10.3 Å². The van der Waals surface area contributed by atoms with E-state index in [-0.39, 0.29) is 30.2 Å². The summed E-state index contributed by atoms with van der Waals surface area (Å²) in [5.41, 5.74) is -0.0690. The Labute approximate surface area is 191 Å². The highest BCUT2D eigenvalue weighted by molar-refractivity contribution is 5.81. The van der Waals surface area contributed by atoms with E-state index in [0.29, 0.717) is 0 Å². The van der Waals surface area contributed by atoms with Crippen molar-refractivity contribution in [2.24, 2.45) is 0 Å². The SMILES string of the molecule is COc1cc([N+](=O)[O-])cnc1C#CCC(NC(=O)OC(C)(C)C)C(=O)OCc1ccccc1. The lowest BCUT2D eigenvalue weighted by atomic mass is 10.2. The van der Waals surface area contributed by atoms with Gasteiger partial charge in [0.25, 0.3) is 5.69 Å². The molecule has 0 aliphatic rings. The molecule has 0 aliphatic carbocycles. The van der Waals surface area contributed by atoms with Crippen LogP contribution in [0.15, 0.2) is 42.6 Å². The Balaban J connectivity index is 2.15. The van der Waals surface area contributed by atoms with Crippen LogP contribution in [0.5, 0.6) is 5.75 Å². The van der Waals surface area contributed by atoms with Gasteiger partial charge in [-0.3, -0.25) is 10.1 Å². The first kappa shape index (κ1) is 25.1. The Morgan fingerprint density at radius 2 is 1.94 bits per heavy atom. The highest BCUT2D eigenvalue weighted by atomic mass is 16.6. The van der Waals surface area contributed by atoms with Crippen molar-refractivity contribution in [2.45, 2.75) is 45.4 Å².